The molecule has 0 atom stereocenters. The van der Waals surface area contributed by atoms with Gasteiger partial charge in [-0.05, 0) is 49.9 Å². The van der Waals surface area contributed by atoms with Crippen molar-refractivity contribution in [1.82, 2.24) is 14.7 Å². The molecule has 2 N–H and O–H groups in total. The van der Waals surface area contributed by atoms with E-state index >= 15 is 0 Å². The lowest BCUT2D eigenvalue weighted by Gasteiger charge is -2.32. The number of carbonyl (C=O) groups is 1. The van der Waals surface area contributed by atoms with Crippen LogP contribution < -0.4 is 14.9 Å². The maximum atomic E-state index is 13.2. The molecule has 0 saturated carbocycles. The van der Waals surface area contributed by atoms with E-state index in [4.69, 9.17) is 4.98 Å². The van der Waals surface area contributed by atoms with E-state index < -0.39 is 0 Å². The van der Waals surface area contributed by atoms with E-state index in [9.17, 15) is 10.0 Å². The molecule has 170 valence electrons. The number of anilines is 1. The smallest absolute Gasteiger partial charge is 0.253 e. The van der Waals surface area contributed by atoms with Crippen LogP contribution in [-0.2, 0) is 6.54 Å². The van der Waals surface area contributed by atoms with E-state index in [2.05, 4.69) is 40.6 Å². The second-order valence-electron chi connectivity index (χ2n) is 8.81. The first kappa shape index (κ1) is 21.5. The Kier molecular flexibility index (Phi) is 5.76. The molecule has 1 fully saturated rings. The number of rotatable bonds is 5. The van der Waals surface area contributed by atoms with Crippen LogP contribution in [0.3, 0.4) is 0 Å². The molecule has 7 nitrogen and oxygen atoms in total. The summed E-state index contributed by atoms with van der Waals surface area (Å²) in [6.45, 7) is 6.64. The number of thiophene rings is 1. The third-order valence-corrected chi connectivity index (χ3v) is 7.29. The molecule has 8 heteroatoms. The highest BCUT2D eigenvalue weighted by Gasteiger charge is 2.22. The summed E-state index contributed by atoms with van der Waals surface area (Å²) in [4.78, 5) is 22.7. The number of amides is 1. The van der Waals surface area contributed by atoms with E-state index in [-0.39, 0.29) is 5.91 Å². The van der Waals surface area contributed by atoms with Crippen molar-refractivity contribution in [3.8, 4) is 10.6 Å². The van der Waals surface area contributed by atoms with Crippen molar-refractivity contribution >= 4 is 28.6 Å². The van der Waals surface area contributed by atoms with Gasteiger partial charge in [0.05, 0.1) is 28.0 Å². The summed E-state index contributed by atoms with van der Waals surface area (Å²) in [5, 5.41) is 12.6. The Morgan fingerprint density at radius 3 is 2.85 bits per heavy atom. The molecule has 5 rings (SSSR count). The number of piperidine rings is 1. The molecule has 5 heterocycles. The molecule has 0 aromatic carbocycles. The van der Waals surface area contributed by atoms with Gasteiger partial charge in [-0.15, -0.1) is 11.3 Å². The lowest BCUT2D eigenvalue weighted by molar-refractivity contribution is -0.905. The van der Waals surface area contributed by atoms with Gasteiger partial charge in [-0.1, -0.05) is 6.92 Å². The van der Waals surface area contributed by atoms with Crippen molar-refractivity contribution in [1.29, 1.82) is 0 Å². The topological polar surface area (TPSA) is 73.8 Å². The van der Waals surface area contributed by atoms with Crippen LogP contribution in [0.25, 0.3) is 16.2 Å². The third kappa shape index (κ3) is 4.43. The van der Waals surface area contributed by atoms with Crippen molar-refractivity contribution in [3.63, 3.8) is 0 Å². The van der Waals surface area contributed by atoms with Crippen molar-refractivity contribution < 1.29 is 14.7 Å². The van der Waals surface area contributed by atoms with Gasteiger partial charge in [-0.25, -0.2) is 4.98 Å². The van der Waals surface area contributed by atoms with Crippen molar-refractivity contribution in [2.75, 3.05) is 18.0 Å². The molecule has 0 spiro atoms. The number of hydrogen-bond acceptors (Lipinski definition) is 5. The van der Waals surface area contributed by atoms with Crippen LogP contribution in [0.1, 0.15) is 40.6 Å². The number of hydrogen-bond donors (Lipinski definition) is 2. The Bertz CT molecular complexity index is 1300. The molecule has 1 aliphatic heterocycles. The van der Waals surface area contributed by atoms with Crippen molar-refractivity contribution in [2.24, 2.45) is 5.92 Å². The summed E-state index contributed by atoms with van der Waals surface area (Å²) in [5.41, 5.74) is 4.29. The Labute approximate surface area is 196 Å². The van der Waals surface area contributed by atoms with E-state index in [1.54, 1.807) is 23.6 Å². The minimum atomic E-state index is -0.154. The number of fused-ring (bicyclic) bond motifs is 1. The van der Waals surface area contributed by atoms with Crippen molar-refractivity contribution in [3.05, 3.63) is 71.1 Å². The monoisotopic (exact) mass is 462 g/mol. The standard InChI is InChI=1S/C25H27N5O2S/c1-17-7-10-28(11-8-17)21-12-20(25(31)27-13-19-4-3-9-29(32)15-19)16-30-22(14-26-24(21)30)23-6-5-18(2)33-23/h3-6,9,12,14-17H,7-8,10-11,13H2,1-2H3,(H-,27,31,32)/p+1. The Morgan fingerprint density at radius 1 is 1.30 bits per heavy atom. The van der Waals surface area contributed by atoms with Crippen LogP contribution in [-0.4, -0.2) is 33.6 Å². The second-order valence-corrected chi connectivity index (χ2v) is 10.1. The molecule has 4 aromatic heterocycles. The highest BCUT2D eigenvalue weighted by atomic mass is 32.1. The highest BCUT2D eigenvalue weighted by molar-refractivity contribution is 7.15. The fraction of sp³-hybridized carbons (Fsp3) is 0.320. The molecule has 4 aromatic rings. The van der Waals surface area contributed by atoms with Crippen LogP contribution in [0.4, 0.5) is 5.69 Å². The molecule has 1 aliphatic rings. The molecule has 33 heavy (non-hydrogen) atoms. The van der Waals surface area contributed by atoms with E-state index in [1.807, 2.05) is 24.5 Å². The molecule has 0 aliphatic carbocycles. The lowest BCUT2D eigenvalue weighted by Crippen LogP contribution is -2.33. The van der Waals surface area contributed by atoms with Gasteiger partial charge in [-0.2, -0.15) is 0 Å². The first-order valence-electron chi connectivity index (χ1n) is 11.3. The normalized spacial score (nSPS) is 14.7. The Hall–Kier alpha value is -3.39. The fourth-order valence-electron chi connectivity index (χ4n) is 4.33. The summed E-state index contributed by atoms with van der Waals surface area (Å²) >= 11 is 1.72. The Balaban J connectivity index is 1.52. The first-order valence-corrected chi connectivity index (χ1v) is 12.1. The van der Waals surface area contributed by atoms with Crippen LogP contribution in [0.15, 0.2) is 55.1 Å². The zero-order valence-electron chi connectivity index (χ0n) is 18.9. The van der Waals surface area contributed by atoms with E-state index in [0.29, 0.717) is 18.0 Å². The van der Waals surface area contributed by atoms with Gasteiger partial charge in [0.25, 0.3) is 5.91 Å². The largest absolute Gasteiger partial charge is 0.368 e. The fourth-order valence-corrected chi connectivity index (χ4v) is 5.20. The van der Waals surface area contributed by atoms with Gasteiger partial charge in [0, 0.05) is 47.1 Å². The Morgan fingerprint density at radius 2 is 2.12 bits per heavy atom. The minimum absolute atomic E-state index is 0.154. The molecule has 0 unspecified atom stereocenters. The number of pyridine rings is 2. The number of aromatic nitrogens is 3. The van der Waals surface area contributed by atoms with Gasteiger partial charge >= 0.3 is 0 Å². The summed E-state index contributed by atoms with van der Waals surface area (Å²) in [5.74, 6) is 0.562. The molecular formula is C25H28N5O2S+. The average molecular weight is 463 g/mol. The first-order chi connectivity index (χ1) is 16.0. The predicted octanol–water partition coefficient (Wildman–Crippen LogP) is 4.06. The average Bonchev–Trinajstić information content (AvgIpc) is 3.43. The van der Waals surface area contributed by atoms with Crippen molar-refractivity contribution in [2.45, 2.75) is 33.2 Å². The molecule has 1 amide bonds. The molecular weight excluding hydrogens is 434 g/mol. The highest BCUT2D eigenvalue weighted by Crippen LogP contribution is 2.33. The number of aryl methyl sites for hydroxylation is 1. The number of imidazole rings is 1. The zero-order valence-corrected chi connectivity index (χ0v) is 19.7. The van der Waals surface area contributed by atoms with E-state index in [1.165, 1.54) is 11.1 Å². The summed E-state index contributed by atoms with van der Waals surface area (Å²) in [6, 6.07) is 9.79. The molecule has 1 saturated heterocycles. The zero-order chi connectivity index (χ0) is 22.9. The summed E-state index contributed by atoms with van der Waals surface area (Å²) < 4.78 is 3.04. The maximum absolute atomic E-state index is 13.2. The van der Waals surface area contributed by atoms with Crippen LogP contribution in [0.5, 0.6) is 0 Å². The third-order valence-electron chi connectivity index (χ3n) is 6.27. The van der Waals surface area contributed by atoms with E-state index in [0.717, 1.165) is 58.1 Å². The number of nitrogens with zero attached hydrogens (tertiary/aromatic N) is 4. The molecule has 0 radical (unpaired) electrons. The van der Waals surface area contributed by atoms with Gasteiger partial charge < -0.3 is 10.2 Å². The van der Waals surface area contributed by atoms with Crippen LogP contribution in [0, 0.1) is 12.8 Å². The van der Waals surface area contributed by atoms with Crippen LogP contribution in [0.2, 0.25) is 0 Å². The predicted molar refractivity (Wildman–Crippen MR) is 129 cm³/mol. The minimum Gasteiger partial charge on any atom is -0.368 e. The lowest BCUT2D eigenvalue weighted by atomic mass is 9.99. The SMILES string of the molecule is Cc1ccc(-c2cnc3c(N4CCC(C)CC4)cc(C(=O)NCc4ccc[n+](O)c4)cn23)s1. The van der Waals surface area contributed by atoms with Gasteiger partial charge in [0.15, 0.2) is 5.65 Å². The quantitative estimate of drug-likeness (QED) is 0.347. The molecule has 0 bridgehead atoms. The van der Waals surface area contributed by atoms with Crippen LogP contribution >= 0.6 is 11.3 Å². The summed E-state index contributed by atoms with van der Waals surface area (Å²) in [7, 11) is 0. The second kappa shape index (κ2) is 8.86. The maximum Gasteiger partial charge on any atom is 0.253 e. The number of carbonyl (C=O) groups excluding carboxylic acids is 1. The van der Waals surface area contributed by atoms with Gasteiger partial charge in [-0.3, -0.25) is 14.4 Å². The van der Waals surface area contributed by atoms with Gasteiger partial charge in [0.1, 0.15) is 0 Å². The summed E-state index contributed by atoms with van der Waals surface area (Å²) in [6.07, 6.45) is 9.18. The van der Waals surface area contributed by atoms with Gasteiger partial charge in [0.2, 0.25) is 12.4 Å². The number of nitrogens with one attached hydrogen (secondary N) is 1.